The summed E-state index contributed by atoms with van der Waals surface area (Å²) in [6.07, 6.45) is 76.3. The maximum atomic E-state index is 12.8. The third kappa shape index (κ3) is 57.6. The molecule has 0 amide bonds. The maximum Gasteiger partial charge on any atom is 0.306 e. The van der Waals surface area contributed by atoms with Crippen molar-refractivity contribution in [3.05, 3.63) is 72.9 Å². The Morgan fingerprint density at radius 2 is 0.563 bits per heavy atom. The van der Waals surface area contributed by atoms with Gasteiger partial charge in [0.15, 0.2) is 6.10 Å². The van der Waals surface area contributed by atoms with Gasteiger partial charge in [-0.1, -0.05) is 273 Å². The standard InChI is InChI=1S/C65H114O6/c1-4-7-10-13-16-19-22-25-27-29-30-31-32-33-34-36-37-40-43-46-49-52-55-58-64(67)70-61-62(60-69-63(66)57-54-51-48-45-42-39-24-21-18-15-12-9-6-3)71-65(68)59-56-53-50-47-44-41-38-35-28-26-23-20-17-14-11-8-5-2/h8,11,17,20-21,24,26,28,38,41,47,50,62H,4-7,9-10,12-16,18-19,22-23,25,27,29-37,39-40,42-46,48-49,51-61H2,1-3H3/b11-8-,20-17-,24-21-,28-26-,41-38-,50-47-. The Morgan fingerprint density at radius 1 is 0.296 bits per heavy atom. The molecule has 1 atom stereocenters. The summed E-state index contributed by atoms with van der Waals surface area (Å²) in [5, 5.41) is 0. The Hall–Kier alpha value is -3.15. The molecule has 0 aliphatic carbocycles. The number of rotatable bonds is 55. The topological polar surface area (TPSA) is 78.9 Å². The van der Waals surface area contributed by atoms with Crippen LogP contribution in [0.3, 0.4) is 0 Å². The molecule has 0 heterocycles. The van der Waals surface area contributed by atoms with Crippen molar-refractivity contribution in [2.45, 2.75) is 309 Å². The Kier molecular flexibility index (Phi) is 56.8. The minimum Gasteiger partial charge on any atom is -0.462 e. The van der Waals surface area contributed by atoms with Gasteiger partial charge in [0, 0.05) is 19.3 Å². The zero-order valence-electron chi connectivity index (χ0n) is 47.0. The molecule has 1 unspecified atom stereocenters. The average molecular weight is 992 g/mol. The lowest BCUT2D eigenvalue weighted by Gasteiger charge is -2.18. The molecule has 0 radical (unpaired) electrons. The van der Waals surface area contributed by atoms with E-state index >= 15 is 0 Å². The molecule has 0 saturated heterocycles. The lowest BCUT2D eigenvalue weighted by molar-refractivity contribution is -0.167. The van der Waals surface area contributed by atoms with Crippen molar-refractivity contribution in [2.24, 2.45) is 0 Å². The minimum atomic E-state index is -0.807. The molecule has 6 heteroatoms. The number of unbranched alkanes of at least 4 members (excludes halogenated alkanes) is 32. The quantitative estimate of drug-likeness (QED) is 0.0261. The first kappa shape index (κ1) is 67.8. The predicted molar refractivity (Wildman–Crippen MR) is 307 cm³/mol. The summed E-state index contributed by atoms with van der Waals surface area (Å²) in [5.41, 5.74) is 0. The lowest BCUT2D eigenvalue weighted by atomic mass is 10.0. The second-order valence-corrected chi connectivity index (χ2v) is 20.2. The van der Waals surface area contributed by atoms with E-state index in [0.29, 0.717) is 19.3 Å². The number of hydrogen-bond donors (Lipinski definition) is 0. The Bertz CT molecular complexity index is 1320. The van der Waals surface area contributed by atoms with E-state index in [1.54, 1.807) is 0 Å². The number of carbonyl (C=O) groups is 3. The third-order valence-electron chi connectivity index (χ3n) is 13.2. The van der Waals surface area contributed by atoms with Gasteiger partial charge in [-0.2, -0.15) is 0 Å². The van der Waals surface area contributed by atoms with Crippen LogP contribution in [0.1, 0.15) is 303 Å². The first-order valence-corrected chi connectivity index (χ1v) is 30.4. The fourth-order valence-corrected chi connectivity index (χ4v) is 8.65. The van der Waals surface area contributed by atoms with Gasteiger partial charge >= 0.3 is 17.9 Å². The highest BCUT2D eigenvalue weighted by Crippen LogP contribution is 2.17. The number of allylic oxidation sites excluding steroid dienone is 12. The van der Waals surface area contributed by atoms with E-state index < -0.39 is 6.10 Å². The third-order valence-corrected chi connectivity index (χ3v) is 13.2. The van der Waals surface area contributed by atoms with Gasteiger partial charge in [0.05, 0.1) is 0 Å². The van der Waals surface area contributed by atoms with Gasteiger partial charge in [-0.05, 0) is 83.5 Å². The first-order valence-electron chi connectivity index (χ1n) is 30.4. The highest BCUT2D eigenvalue weighted by Gasteiger charge is 2.19. The molecule has 0 aromatic rings. The van der Waals surface area contributed by atoms with E-state index in [1.165, 1.54) is 173 Å². The van der Waals surface area contributed by atoms with Crippen LogP contribution in [-0.2, 0) is 28.6 Å². The Balaban J connectivity index is 4.35. The minimum absolute atomic E-state index is 0.0980. The molecule has 0 saturated carbocycles. The van der Waals surface area contributed by atoms with Crippen LogP contribution in [0.25, 0.3) is 0 Å². The van der Waals surface area contributed by atoms with Crippen molar-refractivity contribution in [2.75, 3.05) is 13.2 Å². The van der Waals surface area contributed by atoms with Crippen molar-refractivity contribution in [3.63, 3.8) is 0 Å². The number of ether oxygens (including phenoxy) is 3. The van der Waals surface area contributed by atoms with Crippen molar-refractivity contribution < 1.29 is 28.6 Å². The van der Waals surface area contributed by atoms with E-state index in [1.807, 2.05) is 0 Å². The summed E-state index contributed by atoms with van der Waals surface area (Å²) in [6, 6.07) is 0. The highest BCUT2D eigenvalue weighted by molar-refractivity contribution is 5.71. The lowest BCUT2D eigenvalue weighted by Crippen LogP contribution is -2.30. The molecule has 0 aromatic carbocycles. The molecule has 71 heavy (non-hydrogen) atoms. The molecule has 0 rings (SSSR count). The zero-order valence-corrected chi connectivity index (χ0v) is 47.0. The van der Waals surface area contributed by atoms with E-state index in [9.17, 15) is 14.4 Å². The van der Waals surface area contributed by atoms with Gasteiger partial charge in [-0.25, -0.2) is 0 Å². The summed E-state index contributed by atoms with van der Waals surface area (Å²) in [7, 11) is 0. The smallest absolute Gasteiger partial charge is 0.306 e. The summed E-state index contributed by atoms with van der Waals surface area (Å²) >= 11 is 0. The van der Waals surface area contributed by atoms with Gasteiger partial charge < -0.3 is 14.2 Å². The normalized spacial score (nSPS) is 12.5. The second kappa shape index (κ2) is 59.4. The van der Waals surface area contributed by atoms with Gasteiger partial charge in [-0.3, -0.25) is 14.4 Å². The van der Waals surface area contributed by atoms with Crippen LogP contribution in [0.2, 0.25) is 0 Å². The molecule has 0 aliphatic rings. The molecular weight excluding hydrogens is 877 g/mol. The van der Waals surface area contributed by atoms with Crippen LogP contribution in [0.4, 0.5) is 0 Å². The van der Waals surface area contributed by atoms with Crippen LogP contribution >= 0.6 is 0 Å². The maximum absolute atomic E-state index is 12.8. The molecular formula is C65H114O6. The van der Waals surface area contributed by atoms with E-state index in [0.717, 1.165) is 83.5 Å². The van der Waals surface area contributed by atoms with Crippen LogP contribution in [0.5, 0.6) is 0 Å². The average Bonchev–Trinajstić information content (AvgIpc) is 3.37. The fraction of sp³-hybridized carbons (Fsp3) is 0.769. The second-order valence-electron chi connectivity index (χ2n) is 20.2. The number of hydrogen-bond acceptors (Lipinski definition) is 6. The summed E-state index contributed by atoms with van der Waals surface area (Å²) in [5.74, 6) is -0.955. The molecule has 0 aliphatic heterocycles. The first-order chi connectivity index (χ1) is 35.0. The van der Waals surface area contributed by atoms with Crippen molar-refractivity contribution >= 4 is 17.9 Å². The van der Waals surface area contributed by atoms with Crippen LogP contribution in [-0.4, -0.2) is 37.2 Å². The summed E-state index contributed by atoms with van der Waals surface area (Å²) < 4.78 is 16.8. The predicted octanol–water partition coefficient (Wildman–Crippen LogP) is 20.5. The van der Waals surface area contributed by atoms with Crippen LogP contribution in [0.15, 0.2) is 72.9 Å². The van der Waals surface area contributed by atoms with Gasteiger partial charge in [-0.15, -0.1) is 0 Å². The summed E-state index contributed by atoms with van der Waals surface area (Å²) in [4.78, 5) is 38.2. The van der Waals surface area contributed by atoms with Crippen LogP contribution in [0, 0.1) is 0 Å². The molecule has 6 nitrogen and oxygen atoms in total. The molecule has 0 aromatic heterocycles. The van der Waals surface area contributed by atoms with E-state index in [4.69, 9.17) is 14.2 Å². The SMILES string of the molecule is CC/C=C\C/C=C\C/C=C\C/C=C\C/C=C\CCCC(=O)OC(COC(=O)CCCCCCC/C=C\CCCCCC)COC(=O)CCCCCCCCCCCCCCCCCCCCCCCCC. The van der Waals surface area contributed by atoms with Crippen molar-refractivity contribution in [1.82, 2.24) is 0 Å². The Labute approximate surface area is 440 Å². The van der Waals surface area contributed by atoms with Gasteiger partial charge in [0.25, 0.3) is 0 Å². The van der Waals surface area contributed by atoms with Crippen molar-refractivity contribution in [3.8, 4) is 0 Å². The van der Waals surface area contributed by atoms with Crippen molar-refractivity contribution in [1.29, 1.82) is 0 Å². The van der Waals surface area contributed by atoms with E-state index in [-0.39, 0.29) is 37.5 Å². The summed E-state index contributed by atoms with van der Waals surface area (Å²) in [6.45, 7) is 6.49. The monoisotopic (exact) mass is 991 g/mol. The van der Waals surface area contributed by atoms with Crippen LogP contribution < -0.4 is 0 Å². The fourth-order valence-electron chi connectivity index (χ4n) is 8.65. The van der Waals surface area contributed by atoms with E-state index in [2.05, 4.69) is 93.7 Å². The molecule has 0 spiro atoms. The van der Waals surface area contributed by atoms with Gasteiger partial charge in [0.2, 0.25) is 0 Å². The largest absolute Gasteiger partial charge is 0.462 e. The molecule has 0 N–H and O–H groups in total. The molecule has 0 fully saturated rings. The van der Waals surface area contributed by atoms with Gasteiger partial charge in [0.1, 0.15) is 13.2 Å². The molecule has 0 bridgehead atoms. The zero-order chi connectivity index (χ0) is 51.4. The number of carbonyl (C=O) groups excluding carboxylic acids is 3. The Morgan fingerprint density at radius 3 is 0.930 bits per heavy atom. The number of esters is 3. The highest BCUT2D eigenvalue weighted by atomic mass is 16.6. The molecule has 410 valence electrons.